The standard InChI is InChI=1S/C29H27N5O9/c1-19-24(30-29(43-19)26-9-6-12-40-26)18-41-25-11-10-20(13-27(25)39-2)17-42-28-23(21(14-33(35)36)15-34(37)38)16-32(31-28)22-7-4-3-5-8-22/h3-13,16,21H,14-15,17-18H2,1-2H3. The Labute approximate surface area is 244 Å². The number of aromatic nitrogens is 3. The van der Waals surface area contributed by atoms with Crippen molar-refractivity contribution in [1.29, 1.82) is 0 Å². The second-order valence-electron chi connectivity index (χ2n) is 9.46. The zero-order valence-electron chi connectivity index (χ0n) is 23.2. The predicted molar refractivity (Wildman–Crippen MR) is 151 cm³/mol. The quantitative estimate of drug-likeness (QED) is 0.123. The van der Waals surface area contributed by atoms with Crippen LogP contribution in [0.5, 0.6) is 17.4 Å². The van der Waals surface area contributed by atoms with Gasteiger partial charge in [0.05, 0.1) is 24.6 Å². The lowest BCUT2D eigenvalue weighted by Crippen LogP contribution is -2.21. The fraction of sp³-hybridized carbons (Fsp3) is 0.241. The van der Waals surface area contributed by atoms with Gasteiger partial charge in [0.25, 0.3) is 5.89 Å². The van der Waals surface area contributed by atoms with Crippen LogP contribution in [0.15, 0.2) is 82.0 Å². The van der Waals surface area contributed by atoms with E-state index in [0.29, 0.717) is 45.9 Å². The highest BCUT2D eigenvalue weighted by atomic mass is 16.6. The Morgan fingerprint density at radius 3 is 2.40 bits per heavy atom. The van der Waals surface area contributed by atoms with Crippen molar-refractivity contribution in [3.8, 4) is 34.7 Å². The van der Waals surface area contributed by atoms with Crippen molar-refractivity contribution in [2.24, 2.45) is 0 Å². The largest absolute Gasteiger partial charge is 0.493 e. The van der Waals surface area contributed by atoms with Crippen LogP contribution in [0.1, 0.15) is 28.5 Å². The van der Waals surface area contributed by atoms with Gasteiger partial charge in [0.2, 0.25) is 19.0 Å². The number of methoxy groups -OCH3 is 1. The molecule has 0 unspecified atom stereocenters. The van der Waals surface area contributed by atoms with Crippen LogP contribution < -0.4 is 14.2 Å². The van der Waals surface area contributed by atoms with Gasteiger partial charge in [0.15, 0.2) is 17.3 Å². The molecule has 0 spiro atoms. The van der Waals surface area contributed by atoms with Gasteiger partial charge in [0, 0.05) is 16.0 Å². The van der Waals surface area contributed by atoms with Crippen LogP contribution in [0.4, 0.5) is 0 Å². The maximum atomic E-state index is 11.3. The molecule has 0 saturated heterocycles. The van der Waals surface area contributed by atoms with Crippen molar-refractivity contribution in [2.75, 3.05) is 20.2 Å². The summed E-state index contributed by atoms with van der Waals surface area (Å²) in [6.07, 6.45) is 3.07. The summed E-state index contributed by atoms with van der Waals surface area (Å²) in [6, 6.07) is 17.7. The first-order valence-corrected chi connectivity index (χ1v) is 13.1. The van der Waals surface area contributed by atoms with Crippen molar-refractivity contribution < 1.29 is 32.9 Å². The molecule has 0 aliphatic carbocycles. The van der Waals surface area contributed by atoms with Gasteiger partial charge in [-0.15, -0.1) is 5.10 Å². The normalized spacial score (nSPS) is 11.0. The van der Waals surface area contributed by atoms with Crippen LogP contribution in [0, 0.1) is 27.2 Å². The zero-order chi connectivity index (χ0) is 30.3. The number of oxazole rings is 1. The van der Waals surface area contributed by atoms with E-state index in [1.165, 1.54) is 24.3 Å². The monoisotopic (exact) mass is 589 g/mol. The molecule has 5 aromatic rings. The Balaban J connectivity index is 1.33. The highest BCUT2D eigenvalue weighted by molar-refractivity contribution is 5.45. The first-order chi connectivity index (χ1) is 20.8. The molecule has 0 aliphatic heterocycles. The molecule has 2 aromatic carbocycles. The van der Waals surface area contributed by atoms with E-state index in [9.17, 15) is 20.2 Å². The molecule has 0 amide bonds. The molecule has 0 saturated carbocycles. The lowest BCUT2D eigenvalue weighted by molar-refractivity contribution is -0.516. The molecular formula is C29H27N5O9. The first kappa shape index (κ1) is 28.9. The molecule has 3 aromatic heterocycles. The van der Waals surface area contributed by atoms with E-state index < -0.39 is 28.9 Å². The summed E-state index contributed by atoms with van der Waals surface area (Å²) in [6.45, 7) is 0.618. The van der Waals surface area contributed by atoms with Gasteiger partial charge < -0.3 is 23.0 Å². The van der Waals surface area contributed by atoms with Gasteiger partial charge >= 0.3 is 0 Å². The van der Waals surface area contributed by atoms with Crippen LogP contribution in [0.2, 0.25) is 0 Å². The van der Waals surface area contributed by atoms with Crippen molar-refractivity contribution >= 4 is 0 Å². The topological polar surface area (TPSA) is 171 Å². The molecule has 0 radical (unpaired) electrons. The third kappa shape index (κ3) is 6.98. The number of hydrogen-bond acceptors (Lipinski definition) is 11. The zero-order valence-corrected chi connectivity index (χ0v) is 23.2. The number of benzene rings is 2. The van der Waals surface area contributed by atoms with Crippen LogP contribution in [0.3, 0.4) is 0 Å². The van der Waals surface area contributed by atoms with E-state index in [2.05, 4.69) is 10.1 Å². The average Bonchev–Trinajstić information content (AvgIpc) is 3.75. The van der Waals surface area contributed by atoms with E-state index in [1.54, 1.807) is 61.5 Å². The van der Waals surface area contributed by atoms with Crippen molar-refractivity contribution in [1.82, 2.24) is 14.8 Å². The van der Waals surface area contributed by atoms with Gasteiger partial charge in [-0.25, -0.2) is 9.67 Å². The highest BCUT2D eigenvalue weighted by Crippen LogP contribution is 2.32. The van der Waals surface area contributed by atoms with Crippen LogP contribution in [-0.4, -0.2) is 44.8 Å². The molecule has 222 valence electrons. The van der Waals surface area contributed by atoms with Crippen molar-refractivity contribution in [3.63, 3.8) is 0 Å². The van der Waals surface area contributed by atoms with E-state index in [1.807, 2.05) is 6.07 Å². The van der Waals surface area contributed by atoms with Gasteiger partial charge in [-0.05, 0) is 48.9 Å². The predicted octanol–water partition coefficient (Wildman–Crippen LogP) is 5.23. The van der Waals surface area contributed by atoms with Crippen LogP contribution in [0.25, 0.3) is 17.3 Å². The minimum Gasteiger partial charge on any atom is -0.493 e. The summed E-state index contributed by atoms with van der Waals surface area (Å²) < 4.78 is 30.0. The van der Waals surface area contributed by atoms with Crippen LogP contribution in [-0.2, 0) is 13.2 Å². The number of furan rings is 1. The van der Waals surface area contributed by atoms with Crippen LogP contribution >= 0.6 is 0 Å². The second kappa shape index (κ2) is 12.9. The summed E-state index contributed by atoms with van der Waals surface area (Å²) >= 11 is 0. The molecule has 0 N–H and O–H groups in total. The SMILES string of the molecule is COc1cc(COc2nn(-c3ccccc3)cc2C(C[N+](=O)[O-])C[N+](=O)[O-])ccc1OCc1nc(-c2ccco2)oc1C. The molecule has 14 nitrogen and oxygen atoms in total. The Bertz CT molecular complexity index is 1680. The second-order valence-corrected chi connectivity index (χ2v) is 9.46. The highest BCUT2D eigenvalue weighted by Gasteiger charge is 2.30. The number of rotatable bonds is 14. The number of hydrogen-bond donors (Lipinski definition) is 0. The molecule has 5 rings (SSSR count). The Morgan fingerprint density at radius 1 is 0.953 bits per heavy atom. The number of ether oxygens (including phenoxy) is 3. The smallest absolute Gasteiger partial charge is 0.263 e. The molecule has 0 fully saturated rings. The third-order valence-electron chi connectivity index (χ3n) is 6.50. The van der Waals surface area contributed by atoms with E-state index in [4.69, 9.17) is 23.0 Å². The first-order valence-electron chi connectivity index (χ1n) is 13.1. The van der Waals surface area contributed by atoms with E-state index >= 15 is 0 Å². The van der Waals surface area contributed by atoms with Crippen molar-refractivity contribution in [2.45, 2.75) is 26.1 Å². The lowest BCUT2D eigenvalue weighted by Gasteiger charge is -2.13. The fourth-order valence-electron chi connectivity index (χ4n) is 4.38. The average molecular weight is 590 g/mol. The lowest BCUT2D eigenvalue weighted by atomic mass is 10.0. The number of aryl methyl sites for hydroxylation is 1. The van der Waals surface area contributed by atoms with Gasteiger partial charge in [-0.1, -0.05) is 24.3 Å². The minimum atomic E-state index is -1.05. The summed E-state index contributed by atoms with van der Waals surface area (Å²) in [4.78, 5) is 25.9. The maximum Gasteiger partial charge on any atom is 0.263 e. The maximum absolute atomic E-state index is 11.3. The fourth-order valence-corrected chi connectivity index (χ4v) is 4.38. The molecule has 3 heterocycles. The molecule has 43 heavy (non-hydrogen) atoms. The number of nitrogens with zero attached hydrogens (tertiary/aromatic N) is 5. The van der Waals surface area contributed by atoms with Gasteiger partial charge in [-0.2, -0.15) is 0 Å². The van der Waals surface area contributed by atoms with Gasteiger partial charge in [0.1, 0.15) is 30.6 Å². The minimum absolute atomic E-state index is 0.00793. The summed E-state index contributed by atoms with van der Waals surface area (Å²) in [7, 11) is 1.50. The van der Waals surface area contributed by atoms with E-state index in [-0.39, 0.29) is 24.7 Å². The third-order valence-corrected chi connectivity index (χ3v) is 6.50. The summed E-state index contributed by atoms with van der Waals surface area (Å²) in [5.74, 6) is 1.36. The molecule has 0 atom stereocenters. The Hall–Kier alpha value is -5.66. The van der Waals surface area contributed by atoms with E-state index in [0.717, 1.165) is 0 Å². The molecular weight excluding hydrogens is 562 g/mol. The number of nitro groups is 2. The Morgan fingerprint density at radius 2 is 1.72 bits per heavy atom. The number of para-hydroxylation sites is 1. The van der Waals surface area contributed by atoms with Gasteiger partial charge in [-0.3, -0.25) is 20.2 Å². The molecule has 0 aliphatic rings. The summed E-state index contributed by atoms with van der Waals surface area (Å²) in [5.41, 5.74) is 2.21. The van der Waals surface area contributed by atoms with Crippen molar-refractivity contribution in [3.05, 3.63) is 116 Å². The molecule has 14 heteroatoms. The summed E-state index contributed by atoms with van der Waals surface area (Å²) in [5, 5.41) is 27.1. The Kier molecular flexibility index (Phi) is 8.65. The molecule has 0 bridgehead atoms.